The highest BCUT2D eigenvalue weighted by Gasteiger charge is 2.17. The Kier molecular flexibility index (Phi) is 8.69. The van der Waals surface area contributed by atoms with Gasteiger partial charge in [0.05, 0.1) is 5.02 Å². The van der Waals surface area contributed by atoms with E-state index >= 15 is 0 Å². The lowest BCUT2D eigenvalue weighted by Crippen LogP contribution is -2.28. The van der Waals surface area contributed by atoms with Gasteiger partial charge in [0.25, 0.3) is 0 Å². The molecule has 20 heavy (non-hydrogen) atoms. The Morgan fingerprint density at radius 2 is 1.90 bits per heavy atom. The van der Waals surface area contributed by atoms with Crippen molar-refractivity contribution in [3.05, 3.63) is 33.0 Å². The van der Waals surface area contributed by atoms with Crippen molar-refractivity contribution in [3.63, 3.8) is 0 Å². The number of unbranched alkanes of at least 4 members (excludes halogenated alkanes) is 5. The van der Waals surface area contributed by atoms with Crippen molar-refractivity contribution in [3.8, 4) is 0 Å². The summed E-state index contributed by atoms with van der Waals surface area (Å²) in [6.07, 6.45) is 8.04. The van der Waals surface area contributed by atoms with Crippen molar-refractivity contribution in [2.45, 2.75) is 57.9 Å². The lowest BCUT2D eigenvalue weighted by atomic mass is 9.99. The van der Waals surface area contributed by atoms with Crippen molar-refractivity contribution in [2.75, 3.05) is 0 Å². The lowest BCUT2D eigenvalue weighted by Gasteiger charge is -2.18. The fourth-order valence-corrected chi connectivity index (χ4v) is 2.75. The third kappa shape index (κ3) is 5.32. The van der Waals surface area contributed by atoms with Crippen LogP contribution in [0.25, 0.3) is 0 Å². The molecule has 0 radical (unpaired) electrons. The third-order valence-electron chi connectivity index (χ3n) is 3.49. The minimum absolute atomic E-state index is 0.116. The molecule has 1 atom stereocenters. The van der Waals surface area contributed by atoms with E-state index in [1.165, 1.54) is 25.7 Å². The fraction of sp³-hybridized carbons (Fsp3) is 0.600. The van der Waals surface area contributed by atoms with Gasteiger partial charge in [0.15, 0.2) is 0 Å². The third-order valence-corrected chi connectivity index (χ3v) is 4.75. The van der Waals surface area contributed by atoms with Crippen LogP contribution >= 0.6 is 27.5 Å². The predicted octanol–water partition coefficient (Wildman–Crippen LogP) is 5.50. The number of hydrogen-bond acceptors (Lipinski definition) is 2. The number of halogens is 3. The van der Waals surface area contributed by atoms with Crippen LogP contribution in [-0.4, -0.2) is 0 Å². The molecule has 0 saturated carbocycles. The average molecular weight is 366 g/mol. The molecule has 0 aliphatic carbocycles. The summed E-state index contributed by atoms with van der Waals surface area (Å²) in [6.45, 7) is 2.20. The van der Waals surface area contributed by atoms with E-state index < -0.39 is 5.82 Å². The maximum absolute atomic E-state index is 14.1. The van der Waals surface area contributed by atoms with Gasteiger partial charge < -0.3 is 0 Å². The largest absolute Gasteiger partial charge is 0.271 e. The molecule has 1 rings (SSSR count). The minimum atomic E-state index is -0.394. The number of nitrogens with two attached hydrogens (primary N) is 1. The van der Waals surface area contributed by atoms with Gasteiger partial charge in [-0.25, -0.2) is 4.39 Å². The predicted molar refractivity (Wildman–Crippen MR) is 87.2 cm³/mol. The van der Waals surface area contributed by atoms with Gasteiger partial charge in [-0.15, -0.1) is 0 Å². The first-order valence-corrected chi connectivity index (χ1v) is 8.38. The van der Waals surface area contributed by atoms with Crippen LogP contribution in [0.2, 0.25) is 5.02 Å². The van der Waals surface area contributed by atoms with Gasteiger partial charge >= 0.3 is 0 Å². The van der Waals surface area contributed by atoms with E-state index in [2.05, 4.69) is 28.3 Å². The standard InChI is InChI=1S/C15H23BrClFN2/c1-2-3-4-5-6-7-8-13(20-19)11-9-10-12(16)14(17)15(11)18/h9-10,13,20H,2-8,19H2,1H3. The van der Waals surface area contributed by atoms with Crippen molar-refractivity contribution in [1.82, 2.24) is 5.43 Å². The fourth-order valence-electron chi connectivity index (χ4n) is 2.27. The lowest BCUT2D eigenvalue weighted by molar-refractivity contribution is 0.457. The highest BCUT2D eigenvalue weighted by molar-refractivity contribution is 9.10. The summed E-state index contributed by atoms with van der Waals surface area (Å²) in [5.74, 6) is 5.16. The van der Waals surface area contributed by atoms with Gasteiger partial charge in [-0.1, -0.05) is 63.1 Å². The summed E-state index contributed by atoms with van der Waals surface area (Å²) in [5, 5.41) is 0.116. The van der Waals surface area contributed by atoms with Gasteiger partial charge in [0, 0.05) is 16.1 Å². The van der Waals surface area contributed by atoms with Gasteiger partial charge in [-0.05, 0) is 28.4 Å². The zero-order chi connectivity index (χ0) is 15.0. The van der Waals surface area contributed by atoms with Crippen molar-refractivity contribution < 1.29 is 4.39 Å². The Labute approximate surface area is 134 Å². The molecule has 1 aromatic rings. The number of hydrazine groups is 1. The molecule has 114 valence electrons. The summed E-state index contributed by atoms with van der Waals surface area (Å²) in [5.41, 5.74) is 3.23. The maximum atomic E-state index is 14.1. The van der Waals surface area contributed by atoms with Crippen LogP contribution in [0.5, 0.6) is 0 Å². The van der Waals surface area contributed by atoms with Gasteiger partial charge in [-0.2, -0.15) is 0 Å². The van der Waals surface area contributed by atoms with E-state index in [1.807, 2.05) is 0 Å². The quantitative estimate of drug-likeness (QED) is 0.262. The summed E-state index contributed by atoms with van der Waals surface area (Å²) >= 11 is 9.13. The second-order valence-electron chi connectivity index (χ2n) is 5.04. The Morgan fingerprint density at radius 3 is 2.55 bits per heavy atom. The SMILES string of the molecule is CCCCCCCCC(NN)c1ccc(Br)c(Cl)c1F. The molecular weight excluding hydrogens is 343 g/mol. The second kappa shape index (κ2) is 9.72. The molecule has 0 amide bonds. The van der Waals surface area contributed by atoms with E-state index in [9.17, 15) is 4.39 Å². The summed E-state index contributed by atoms with van der Waals surface area (Å²) < 4.78 is 14.7. The molecule has 0 aliphatic heterocycles. The first kappa shape index (κ1) is 17.9. The molecule has 0 fully saturated rings. The van der Waals surface area contributed by atoms with E-state index in [4.69, 9.17) is 17.4 Å². The van der Waals surface area contributed by atoms with Crippen LogP contribution in [0.3, 0.4) is 0 Å². The highest BCUT2D eigenvalue weighted by Crippen LogP contribution is 2.31. The van der Waals surface area contributed by atoms with Crippen LogP contribution in [0, 0.1) is 5.82 Å². The van der Waals surface area contributed by atoms with E-state index in [0.717, 1.165) is 19.3 Å². The van der Waals surface area contributed by atoms with Crippen LogP contribution in [0.4, 0.5) is 4.39 Å². The van der Waals surface area contributed by atoms with Crippen molar-refractivity contribution in [1.29, 1.82) is 0 Å². The van der Waals surface area contributed by atoms with Crippen molar-refractivity contribution >= 4 is 27.5 Å². The Hall–Kier alpha value is -0.160. The molecule has 0 saturated heterocycles. The summed E-state index contributed by atoms with van der Waals surface area (Å²) in [4.78, 5) is 0. The molecule has 2 nitrogen and oxygen atoms in total. The molecule has 3 N–H and O–H groups in total. The second-order valence-corrected chi connectivity index (χ2v) is 6.27. The molecule has 0 aliphatic rings. The summed E-state index contributed by atoms with van der Waals surface area (Å²) in [6, 6.07) is 3.30. The number of rotatable bonds is 9. The van der Waals surface area contributed by atoms with Gasteiger partial charge in [0.2, 0.25) is 0 Å². The molecule has 1 aromatic carbocycles. The topological polar surface area (TPSA) is 38.0 Å². The Bertz CT molecular complexity index is 415. The van der Waals surface area contributed by atoms with E-state index in [0.29, 0.717) is 10.0 Å². The van der Waals surface area contributed by atoms with Crippen LogP contribution < -0.4 is 11.3 Å². The number of hydrogen-bond donors (Lipinski definition) is 2. The number of nitrogens with one attached hydrogen (secondary N) is 1. The van der Waals surface area contributed by atoms with E-state index in [1.54, 1.807) is 12.1 Å². The first-order valence-electron chi connectivity index (χ1n) is 7.21. The molecule has 0 bridgehead atoms. The van der Waals surface area contributed by atoms with Crippen LogP contribution in [0.1, 0.15) is 63.5 Å². The molecule has 0 aromatic heterocycles. The molecule has 0 spiro atoms. The van der Waals surface area contributed by atoms with Gasteiger partial charge in [0.1, 0.15) is 5.82 Å². The van der Waals surface area contributed by atoms with Crippen LogP contribution in [-0.2, 0) is 0 Å². The molecule has 0 heterocycles. The highest BCUT2D eigenvalue weighted by atomic mass is 79.9. The number of benzene rings is 1. The smallest absolute Gasteiger partial charge is 0.147 e. The minimum Gasteiger partial charge on any atom is -0.271 e. The average Bonchev–Trinajstić information content (AvgIpc) is 2.45. The zero-order valence-electron chi connectivity index (χ0n) is 11.9. The molecule has 1 unspecified atom stereocenters. The Balaban J connectivity index is 2.52. The maximum Gasteiger partial charge on any atom is 0.147 e. The Morgan fingerprint density at radius 1 is 1.25 bits per heavy atom. The molecular formula is C15H23BrClFN2. The first-order chi connectivity index (χ1) is 9.61. The van der Waals surface area contributed by atoms with Crippen molar-refractivity contribution in [2.24, 2.45) is 5.84 Å². The van der Waals surface area contributed by atoms with Gasteiger partial charge in [-0.3, -0.25) is 11.3 Å². The van der Waals surface area contributed by atoms with Crippen LogP contribution in [0.15, 0.2) is 16.6 Å². The zero-order valence-corrected chi connectivity index (χ0v) is 14.2. The van der Waals surface area contributed by atoms with E-state index in [-0.39, 0.29) is 11.1 Å². The molecule has 5 heteroatoms. The summed E-state index contributed by atoms with van der Waals surface area (Å²) in [7, 11) is 0. The monoisotopic (exact) mass is 364 g/mol. The normalized spacial score (nSPS) is 12.7.